The highest BCUT2D eigenvalue weighted by molar-refractivity contribution is 5.74. The summed E-state index contributed by atoms with van der Waals surface area (Å²) in [5.74, 6) is 1.56. The molecule has 3 atom stereocenters. The molecule has 0 spiro atoms. The lowest BCUT2D eigenvalue weighted by Crippen LogP contribution is -2.50. The molecule has 1 aliphatic carbocycles. The summed E-state index contributed by atoms with van der Waals surface area (Å²) in [6.45, 7) is 6.91. The lowest BCUT2D eigenvalue weighted by Gasteiger charge is -2.37. The zero-order valence-corrected chi connectivity index (χ0v) is 19.3. The minimum atomic E-state index is -0.257. The number of urea groups is 1. The number of carbonyl (C=O) groups excluding carboxylic acids is 1. The predicted molar refractivity (Wildman–Crippen MR) is 124 cm³/mol. The van der Waals surface area contributed by atoms with Crippen molar-refractivity contribution in [2.75, 3.05) is 20.2 Å². The number of hydrogen-bond acceptors (Lipinski definition) is 3. The number of fused-ring (bicyclic) bond motifs is 2. The minimum absolute atomic E-state index is 0.0605. The fraction of sp³-hybridized carbons (Fsp3) is 0.500. The van der Waals surface area contributed by atoms with Crippen molar-refractivity contribution in [3.05, 3.63) is 65.5 Å². The Labute approximate surface area is 190 Å². The number of halogens is 1. The van der Waals surface area contributed by atoms with Crippen molar-refractivity contribution < 1.29 is 13.9 Å². The second-order valence-corrected chi connectivity index (χ2v) is 9.65. The Hall–Kier alpha value is -2.60. The van der Waals surface area contributed by atoms with Gasteiger partial charge in [-0.1, -0.05) is 38.1 Å². The van der Waals surface area contributed by atoms with Crippen LogP contribution in [0.4, 0.5) is 9.18 Å². The summed E-state index contributed by atoms with van der Waals surface area (Å²) in [6.07, 6.45) is 2.14. The molecular weight excluding hydrogens is 405 g/mol. The van der Waals surface area contributed by atoms with E-state index >= 15 is 0 Å². The molecule has 1 N–H and O–H groups in total. The van der Waals surface area contributed by atoms with Crippen LogP contribution in [0.1, 0.15) is 37.8 Å². The Morgan fingerprint density at radius 3 is 2.41 bits per heavy atom. The van der Waals surface area contributed by atoms with E-state index in [0.717, 1.165) is 36.3 Å². The van der Waals surface area contributed by atoms with Crippen LogP contribution in [0.3, 0.4) is 0 Å². The fourth-order valence-electron chi connectivity index (χ4n) is 4.90. The molecule has 1 saturated heterocycles. The molecule has 1 aliphatic heterocycles. The van der Waals surface area contributed by atoms with E-state index in [0.29, 0.717) is 37.6 Å². The molecule has 2 aliphatic rings. The Balaban J connectivity index is 1.40. The van der Waals surface area contributed by atoms with Gasteiger partial charge in [0.1, 0.15) is 11.6 Å². The van der Waals surface area contributed by atoms with Gasteiger partial charge in [-0.25, -0.2) is 9.18 Å². The standard InChI is InChI=1S/C26H34FN3O2/c1-18(2)17-32-24-10-6-19(7-11-24)14-28-26(31)30(15-20-4-8-22(27)9-5-20)25-13-23-12-21(25)16-29(23)3/h4-11,18,21,23,25H,12-17H2,1-3H3,(H,28,31)/t21-,23-,25-/m0/s1. The van der Waals surface area contributed by atoms with Crippen molar-refractivity contribution in [2.45, 2.75) is 51.9 Å². The average Bonchev–Trinajstić information content (AvgIpc) is 3.36. The summed E-state index contributed by atoms with van der Waals surface area (Å²) in [5, 5.41) is 3.11. The first-order chi connectivity index (χ1) is 15.4. The maximum absolute atomic E-state index is 13.4. The number of amides is 2. The van der Waals surface area contributed by atoms with Crippen molar-refractivity contribution in [3.8, 4) is 5.75 Å². The molecular formula is C26H34FN3O2. The van der Waals surface area contributed by atoms with Crippen LogP contribution < -0.4 is 10.1 Å². The number of ether oxygens (including phenoxy) is 1. The van der Waals surface area contributed by atoms with Gasteiger partial charge in [-0.3, -0.25) is 0 Å². The third kappa shape index (κ3) is 5.41. The third-order valence-corrected chi connectivity index (χ3v) is 6.66. The van der Waals surface area contributed by atoms with Crippen molar-refractivity contribution >= 4 is 6.03 Å². The molecule has 2 aromatic rings. The maximum Gasteiger partial charge on any atom is 0.318 e. The summed E-state index contributed by atoms with van der Waals surface area (Å²) in [6, 6.07) is 15.0. The highest BCUT2D eigenvalue weighted by Gasteiger charge is 2.46. The Morgan fingerprint density at radius 2 is 1.81 bits per heavy atom. The number of rotatable bonds is 8. The van der Waals surface area contributed by atoms with Crippen molar-refractivity contribution in [2.24, 2.45) is 11.8 Å². The highest BCUT2D eigenvalue weighted by Crippen LogP contribution is 2.40. The molecule has 0 unspecified atom stereocenters. The molecule has 1 heterocycles. The zero-order chi connectivity index (χ0) is 22.7. The number of hydrogen-bond donors (Lipinski definition) is 1. The smallest absolute Gasteiger partial charge is 0.318 e. The van der Waals surface area contributed by atoms with Crippen molar-refractivity contribution in [3.63, 3.8) is 0 Å². The van der Waals surface area contributed by atoms with E-state index in [1.54, 1.807) is 12.1 Å². The first-order valence-electron chi connectivity index (χ1n) is 11.6. The first-order valence-corrected chi connectivity index (χ1v) is 11.6. The van der Waals surface area contributed by atoms with E-state index in [9.17, 15) is 9.18 Å². The summed E-state index contributed by atoms with van der Waals surface area (Å²) >= 11 is 0. The van der Waals surface area contributed by atoms with Crippen LogP contribution in [0.5, 0.6) is 5.75 Å². The van der Waals surface area contributed by atoms with Gasteiger partial charge in [0, 0.05) is 31.7 Å². The van der Waals surface area contributed by atoms with Crippen LogP contribution in [0.2, 0.25) is 0 Å². The normalized spacial score (nSPS) is 22.3. The molecule has 2 fully saturated rings. The minimum Gasteiger partial charge on any atom is -0.493 e. The molecule has 2 amide bonds. The lowest BCUT2D eigenvalue weighted by atomic mass is 10.0. The van der Waals surface area contributed by atoms with Crippen LogP contribution in [-0.4, -0.2) is 48.1 Å². The number of benzene rings is 2. The fourth-order valence-corrected chi connectivity index (χ4v) is 4.90. The second-order valence-electron chi connectivity index (χ2n) is 9.65. The number of nitrogens with zero attached hydrogens (tertiary/aromatic N) is 2. The molecule has 1 saturated carbocycles. The lowest BCUT2D eigenvalue weighted by molar-refractivity contribution is 0.121. The van der Waals surface area contributed by atoms with Crippen LogP contribution in [-0.2, 0) is 13.1 Å². The third-order valence-electron chi connectivity index (χ3n) is 6.66. The van der Waals surface area contributed by atoms with E-state index in [1.807, 2.05) is 29.2 Å². The van der Waals surface area contributed by atoms with Crippen molar-refractivity contribution in [1.29, 1.82) is 0 Å². The van der Waals surface area contributed by atoms with Gasteiger partial charge in [0.05, 0.1) is 6.61 Å². The molecule has 6 heteroatoms. The van der Waals surface area contributed by atoms with Gasteiger partial charge < -0.3 is 19.9 Å². The zero-order valence-electron chi connectivity index (χ0n) is 19.3. The van der Waals surface area contributed by atoms with E-state index in [2.05, 4.69) is 31.1 Å². The van der Waals surface area contributed by atoms with Crippen LogP contribution in [0, 0.1) is 17.7 Å². The molecule has 172 valence electrons. The Kier molecular flexibility index (Phi) is 6.99. The summed E-state index contributed by atoms with van der Waals surface area (Å²) < 4.78 is 19.1. The highest BCUT2D eigenvalue weighted by atomic mass is 19.1. The predicted octanol–water partition coefficient (Wildman–Crippen LogP) is 4.66. The number of piperidine rings is 1. The van der Waals surface area contributed by atoms with Crippen molar-refractivity contribution in [1.82, 2.24) is 15.1 Å². The van der Waals surface area contributed by atoms with Crippen LogP contribution >= 0.6 is 0 Å². The molecule has 4 rings (SSSR count). The molecule has 0 radical (unpaired) electrons. The molecule has 2 aromatic carbocycles. The number of carbonyl (C=O) groups is 1. The van der Waals surface area contributed by atoms with E-state index in [1.165, 1.54) is 12.1 Å². The average molecular weight is 440 g/mol. The number of nitrogens with one attached hydrogen (secondary N) is 1. The van der Waals surface area contributed by atoms with Gasteiger partial charge in [0.25, 0.3) is 0 Å². The quantitative estimate of drug-likeness (QED) is 0.650. The van der Waals surface area contributed by atoms with Gasteiger partial charge in [0.2, 0.25) is 0 Å². The Bertz CT molecular complexity index is 898. The molecule has 2 bridgehead atoms. The van der Waals surface area contributed by atoms with E-state index in [4.69, 9.17) is 4.74 Å². The van der Waals surface area contributed by atoms with Gasteiger partial charge in [-0.2, -0.15) is 0 Å². The van der Waals surface area contributed by atoms with Gasteiger partial charge >= 0.3 is 6.03 Å². The molecule has 5 nitrogen and oxygen atoms in total. The van der Waals surface area contributed by atoms with Gasteiger partial charge in [-0.15, -0.1) is 0 Å². The topological polar surface area (TPSA) is 44.8 Å². The Morgan fingerprint density at radius 1 is 1.12 bits per heavy atom. The molecule has 32 heavy (non-hydrogen) atoms. The first kappa shape index (κ1) is 22.6. The monoisotopic (exact) mass is 439 g/mol. The van der Waals surface area contributed by atoms with E-state index < -0.39 is 0 Å². The maximum atomic E-state index is 13.4. The van der Waals surface area contributed by atoms with Crippen LogP contribution in [0.15, 0.2) is 48.5 Å². The summed E-state index contributed by atoms with van der Waals surface area (Å²) in [4.78, 5) is 17.6. The van der Waals surface area contributed by atoms with Crippen LogP contribution in [0.25, 0.3) is 0 Å². The molecule has 0 aromatic heterocycles. The summed E-state index contributed by atoms with van der Waals surface area (Å²) in [5.41, 5.74) is 1.98. The largest absolute Gasteiger partial charge is 0.493 e. The van der Waals surface area contributed by atoms with Gasteiger partial charge in [0.15, 0.2) is 0 Å². The van der Waals surface area contributed by atoms with Gasteiger partial charge in [-0.05, 0) is 67.1 Å². The number of likely N-dealkylation sites (tertiary alicyclic amines) is 1. The SMILES string of the molecule is CC(C)COc1ccc(CNC(=O)N(Cc2ccc(F)cc2)[C@H]2C[C@@H]3C[C@H]2CN3C)cc1. The van der Waals surface area contributed by atoms with E-state index in [-0.39, 0.29) is 17.9 Å². The summed E-state index contributed by atoms with van der Waals surface area (Å²) in [7, 11) is 2.17. The second kappa shape index (κ2) is 9.90.